The molecule has 2 rings (SSSR count). The molecule has 0 unspecified atom stereocenters. The predicted octanol–water partition coefficient (Wildman–Crippen LogP) is 3.06. The molecule has 1 amide bonds. The second-order valence-electron chi connectivity index (χ2n) is 5.31. The molecular weight excluding hydrogens is 274 g/mol. The minimum absolute atomic E-state index is 0.0412. The topological polar surface area (TPSA) is 78.9 Å². The van der Waals surface area contributed by atoms with Crippen LogP contribution in [0.3, 0.4) is 0 Å². The molecule has 3 N–H and O–H groups in total. The second-order valence-corrected chi connectivity index (χ2v) is 5.71. The van der Waals surface area contributed by atoms with E-state index in [4.69, 9.17) is 22.6 Å². The maximum absolute atomic E-state index is 12.5. The number of hydrogen-bond donors (Lipinski definition) is 2. The van der Waals surface area contributed by atoms with Crippen LogP contribution in [0, 0.1) is 16.7 Å². The van der Waals surface area contributed by atoms with Gasteiger partial charge in [0.2, 0.25) is 5.91 Å². The van der Waals surface area contributed by atoms with Gasteiger partial charge in [-0.2, -0.15) is 5.26 Å². The summed E-state index contributed by atoms with van der Waals surface area (Å²) in [7, 11) is 0. The highest BCUT2D eigenvalue weighted by Crippen LogP contribution is 2.36. The molecule has 106 valence electrons. The fourth-order valence-corrected chi connectivity index (χ4v) is 2.92. The lowest BCUT2D eigenvalue weighted by Crippen LogP contribution is -2.43. The molecule has 1 aromatic rings. The second kappa shape index (κ2) is 6.25. The Kier molecular flexibility index (Phi) is 4.64. The molecule has 0 heterocycles. The van der Waals surface area contributed by atoms with Crippen molar-refractivity contribution in [1.82, 2.24) is 0 Å². The van der Waals surface area contributed by atoms with Crippen molar-refractivity contribution in [2.75, 3.05) is 11.9 Å². The maximum atomic E-state index is 12.5. The summed E-state index contributed by atoms with van der Waals surface area (Å²) in [6.45, 7) is 0.364. The van der Waals surface area contributed by atoms with Gasteiger partial charge >= 0.3 is 0 Å². The van der Waals surface area contributed by atoms with Crippen molar-refractivity contribution < 1.29 is 4.79 Å². The van der Waals surface area contributed by atoms with E-state index < -0.39 is 5.41 Å². The number of amides is 1. The fraction of sp³-hybridized carbons (Fsp3) is 0.467. The molecule has 1 aliphatic rings. The molecule has 0 spiro atoms. The van der Waals surface area contributed by atoms with E-state index in [1.807, 2.05) is 6.07 Å². The van der Waals surface area contributed by atoms with E-state index in [9.17, 15) is 4.79 Å². The number of rotatable bonds is 3. The highest BCUT2D eigenvalue weighted by atomic mass is 35.5. The maximum Gasteiger partial charge on any atom is 0.231 e. The number of anilines is 1. The summed E-state index contributed by atoms with van der Waals surface area (Å²) in [4.78, 5) is 12.5. The molecule has 0 aliphatic heterocycles. The number of nitrogens with one attached hydrogen (secondary N) is 1. The normalized spacial score (nSPS) is 17.2. The van der Waals surface area contributed by atoms with Crippen molar-refractivity contribution in [3.05, 3.63) is 28.8 Å². The lowest BCUT2D eigenvalue weighted by Gasteiger charge is -2.34. The van der Waals surface area contributed by atoms with Crippen LogP contribution in [0.15, 0.2) is 18.2 Å². The van der Waals surface area contributed by atoms with Crippen molar-refractivity contribution in [3.8, 4) is 6.07 Å². The van der Waals surface area contributed by atoms with Crippen LogP contribution in [0.25, 0.3) is 0 Å². The summed E-state index contributed by atoms with van der Waals surface area (Å²) >= 11 is 5.97. The van der Waals surface area contributed by atoms with E-state index in [1.54, 1.807) is 18.2 Å². The lowest BCUT2D eigenvalue weighted by atomic mass is 9.73. The van der Waals surface area contributed by atoms with Crippen LogP contribution in [-0.2, 0) is 4.79 Å². The third kappa shape index (κ3) is 2.95. The first-order chi connectivity index (χ1) is 9.61. The molecule has 0 saturated heterocycles. The van der Waals surface area contributed by atoms with Gasteiger partial charge < -0.3 is 11.1 Å². The molecule has 1 aromatic carbocycles. The predicted molar refractivity (Wildman–Crippen MR) is 79.4 cm³/mol. The van der Waals surface area contributed by atoms with E-state index in [2.05, 4.69) is 5.32 Å². The Morgan fingerprint density at radius 1 is 1.40 bits per heavy atom. The average molecular weight is 292 g/mol. The zero-order valence-electron chi connectivity index (χ0n) is 11.3. The number of carbonyl (C=O) groups excluding carboxylic acids is 1. The number of benzene rings is 1. The van der Waals surface area contributed by atoms with Crippen LogP contribution in [0.2, 0.25) is 5.02 Å². The number of halogens is 1. The zero-order chi connectivity index (χ0) is 14.6. The van der Waals surface area contributed by atoms with Gasteiger partial charge in [0.15, 0.2) is 0 Å². The minimum Gasteiger partial charge on any atom is -0.329 e. The first kappa shape index (κ1) is 14.8. The molecule has 1 fully saturated rings. The van der Waals surface area contributed by atoms with Gasteiger partial charge in [-0.25, -0.2) is 0 Å². The quantitative estimate of drug-likeness (QED) is 0.898. The van der Waals surface area contributed by atoms with Gasteiger partial charge in [0.1, 0.15) is 6.07 Å². The first-order valence-electron chi connectivity index (χ1n) is 6.82. The van der Waals surface area contributed by atoms with Crippen LogP contribution in [0.1, 0.15) is 37.7 Å². The van der Waals surface area contributed by atoms with Crippen molar-refractivity contribution in [3.63, 3.8) is 0 Å². The largest absolute Gasteiger partial charge is 0.329 e. The minimum atomic E-state index is -0.460. The SMILES string of the molecule is N#Cc1ccc(NC(=O)C2(CN)CCCCC2)cc1Cl. The van der Waals surface area contributed by atoms with E-state index in [0.29, 0.717) is 22.8 Å². The molecule has 5 heteroatoms. The molecule has 4 nitrogen and oxygen atoms in total. The number of nitrogens with zero attached hydrogens (tertiary/aromatic N) is 1. The van der Waals surface area contributed by atoms with Gasteiger partial charge in [0.25, 0.3) is 0 Å². The summed E-state index contributed by atoms with van der Waals surface area (Å²) in [5, 5.41) is 12.1. The van der Waals surface area contributed by atoms with Crippen LogP contribution in [0.5, 0.6) is 0 Å². The van der Waals surface area contributed by atoms with E-state index in [0.717, 1.165) is 32.1 Å². The molecule has 1 saturated carbocycles. The third-order valence-electron chi connectivity index (χ3n) is 4.03. The fourth-order valence-electron chi connectivity index (χ4n) is 2.70. The summed E-state index contributed by atoms with van der Waals surface area (Å²) < 4.78 is 0. The highest BCUT2D eigenvalue weighted by Gasteiger charge is 2.38. The van der Waals surface area contributed by atoms with Gasteiger partial charge in [-0.15, -0.1) is 0 Å². The molecular formula is C15H18ClN3O. The van der Waals surface area contributed by atoms with E-state index >= 15 is 0 Å². The van der Waals surface area contributed by atoms with Gasteiger partial charge in [0.05, 0.1) is 16.0 Å². The van der Waals surface area contributed by atoms with E-state index in [1.165, 1.54) is 0 Å². The van der Waals surface area contributed by atoms with Crippen molar-refractivity contribution >= 4 is 23.2 Å². The summed E-state index contributed by atoms with van der Waals surface area (Å²) in [6.07, 6.45) is 4.91. The monoisotopic (exact) mass is 291 g/mol. The lowest BCUT2D eigenvalue weighted by molar-refractivity contribution is -0.126. The van der Waals surface area contributed by atoms with Crippen LogP contribution >= 0.6 is 11.6 Å². The van der Waals surface area contributed by atoms with Gasteiger partial charge in [-0.05, 0) is 31.0 Å². The van der Waals surface area contributed by atoms with Gasteiger partial charge in [-0.3, -0.25) is 4.79 Å². The zero-order valence-corrected chi connectivity index (χ0v) is 12.0. The number of nitrogens with two attached hydrogens (primary N) is 1. The van der Waals surface area contributed by atoms with E-state index in [-0.39, 0.29) is 5.91 Å². The number of carbonyl (C=O) groups is 1. The van der Waals surface area contributed by atoms with Crippen molar-refractivity contribution in [1.29, 1.82) is 5.26 Å². The number of nitriles is 1. The Balaban J connectivity index is 2.14. The van der Waals surface area contributed by atoms with Crippen LogP contribution in [-0.4, -0.2) is 12.5 Å². The first-order valence-corrected chi connectivity index (χ1v) is 7.20. The Hall–Kier alpha value is -1.57. The standard InChI is InChI=1S/C15H18ClN3O/c16-13-8-12(5-4-11(13)9-17)19-14(20)15(10-18)6-2-1-3-7-15/h4-5,8H,1-3,6-7,10,18H2,(H,19,20). The van der Waals surface area contributed by atoms with Gasteiger partial charge in [-0.1, -0.05) is 30.9 Å². The van der Waals surface area contributed by atoms with Crippen LogP contribution in [0.4, 0.5) is 5.69 Å². The third-order valence-corrected chi connectivity index (χ3v) is 4.34. The summed E-state index contributed by atoms with van der Waals surface area (Å²) in [5.74, 6) is -0.0412. The summed E-state index contributed by atoms with van der Waals surface area (Å²) in [5.41, 5.74) is 6.39. The molecule has 1 aliphatic carbocycles. The number of hydrogen-bond acceptors (Lipinski definition) is 3. The Bertz CT molecular complexity index is 545. The van der Waals surface area contributed by atoms with Gasteiger partial charge in [0, 0.05) is 12.2 Å². The molecule has 0 bridgehead atoms. The Morgan fingerprint density at radius 3 is 2.65 bits per heavy atom. The molecule has 0 radical (unpaired) electrons. The van der Waals surface area contributed by atoms with Crippen molar-refractivity contribution in [2.45, 2.75) is 32.1 Å². The molecule has 20 heavy (non-hydrogen) atoms. The smallest absolute Gasteiger partial charge is 0.231 e. The Labute approximate surface area is 123 Å². The molecule has 0 atom stereocenters. The van der Waals surface area contributed by atoms with Crippen molar-refractivity contribution in [2.24, 2.45) is 11.1 Å². The Morgan fingerprint density at radius 2 is 2.10 bits per heavy atom. The summed E-state index contributed by atoms with van der Waals surface area (Å²) in [6, 6.07) is 6.89. The molecule has 0 aromatic heterocycles. The highest BCUT2D eigenvalue weighted by molar-refractivity contribution is 6.32. The average Bonchev–Trinajstić information content (AvgIpc) is 2.48. The van der Waals surface area contributed by atoms with Crippen LogP contribution < -0.4 is 11.1 Å².